The number of amides is 1. The molecule has 0 saturated heterocycles. The molecule has 1 N–H and O–H groups in total. The molecule has 7 nitrogen and oxygen atoms in total. The van der Waals surface area contributed by atoms with Gasteiger partial charge in [-0.25, -0.2) is 14.4 Å². The van der Waals surface area contributed by atoms with Crippen LogP contribution in [0.1, 0.15) is 15.9 Å². The third-order valence-electron chi connectivity index (χ3n) is 4.48. The van der Waals surface area contributed by atoms with Crippen LogP contribution in [0.4, 0.5) is 4.39 Å². The van der Waals surface area contributed by atoms with Crippen LogP contribution in [0.5, 0.6) is 0 Å². The van der Waals surface area contributed by atoms with Gasteiger partial charge in [-0.15, -0.1) is 0 Å². The number of hydrogen-bond acceptors (Lipinski definition) is 5. The molecule has 0 fully saturated rings. The summed E-state index contributed by atoms with van der Waals surface area (Å²) in [7, 11) is 0. The molecule has 0 aliphatic heterocycles. The molecule has 150 valence electrons. The normalized spacial score (nSPS) is 10.7. The predicted molar refractivity (Wildman–Crippen MR) is 110 cm³/mol. The van der Waals surface area contributed by atoms with Gasteiger partial charge in [0.15, 0.2) is 5.82 Å². The van der Waals surface area contributed by atoms with Crippen LogP contribution >= 0.6 is 0 Å². The molecule has 3 aromatic heterocycles. The van der Waals surface area contributed by atoms with Crippen LogP contribution in [0.2, 0.25) is 0 Å². The molecule has 0 saturated carbocycles. The third-order valence-corrected chi connectivity index (χ3v) is 4.48. The Morgan fingerprint density at radius 2 is 1.90 bits per heavy atom. The number of hydrogen-bond donors (Lipinski definition) is 1. The summed E-state index contributed by atoms with van der Waals surface area (Å²) in [4.78, 5) is 25.3. The van der Waals surface area contributed by atoms with Crippen molar-refractivity contribution in [2.45, 2.75) is 13.5 Å². The predicted octanol–water partition coefficient (Wildman–Crippen LogP) is 3.28. The van der Waals surface area contributed by atoms with Crippen LogP contribution < -0.4 is 5.32 Å². The first-order chi connectivity index (χ1) is 14.6. The van der Waals surface area contributed by atoms with Crippen molar-refractivity contribution in [3.63, 3.8) is 0 Å². The summed E-state index contributed by atoms with van der Waals surface area (Å²) < 4.78 is 14.7. The second-order valence-corrected chi connectivity index (χ2v) is 6.70. The SMILES string of the molecule is Cc1ccc(-c2ncccn2)c(C(=O)NCCn2ccc(-c3ccc(F)cn3)n2)c1. The van der Waals surface area contributed by atoms with Gasteiger partial charge in [0.2, 0.25) is 0 Å². The summed E-state index contributed by atoms with van der Waals surface area (Å²) in [5, 5.41) is 7.34. The molecular formula is C22H19FN6O. The van der Waals surface area contributed by atoms with E-state index in [0.717, 1.165) is 11.8 Å². The smallest absolute Gasteiger partial charge is 0.252 e. The van der Waals surface area contributed by atoms with Crippen molar-refractivity contribution < 1.29 is 9.18 Å². The Bertz CT molecular complexity index is 1160. The largest absolute Gasteiger partial charge is 0.350 e. The molecule has 0 atom stereocenters. The van der Waals surface area contributed by atoms with Gasteiger partial charge in [-0.1, -0.05) is 17.7 Å². The second-order valence-electron chi connectivity index (χ2n) is 6.70. The molecule has 30 heavy (non-hydrogen) atoms. The van der Waals surface area contributed by atoms with Gasteiger partial charge in [-0.05, 0) is 37.3 Å². The second kappa shape index (κ2) is 8.60. The molecular weight excluding hydrogens is 383 g/mol. The van der Waals surface area contributed by atoms with Crippen molar-refractivity contribution in [3.05, 3.63) is 84.2 Å². The summed E-state index contributed by atoms with van der Waals surface area (Å²) in [6.07, 6.45) is 6.25. The Morgan fingerprint density at radius 3 is 2.67 bits per heavy atom. The first kappa shape index (κ1) is 19.4. The summed E-state index contributed by atoms with van der Waals surface area (Å²) >= 11 is 0. The monoisotopic (exact) mass is 402 g/mol. The van der Waals surface area contributed by atoms with Gasteiger partial charge < -0.3 is 5.32 Å². The standard InChI is InChI=1S/C22H19FN6O/c1-15-3-5-17(21-24-8-2-9-25-21)18(13-15)22(30)26-10-12-29-11-7-20(28-29)19-6-4-16(23)14-27-19/h2-9,11,13-14H,10,12H2,1H3,(H,26,30). The topological polar surface area (TPSA) is 85.6 Å². The number of aromatic nitrogens is 5. The first-order valence-corrected chi connectivity index (χ1v) is 9.42. The minimum atomic E-state index is -0.391. The molecule has 0 unspecified atom stereocenters. The lowest BCUT2D eigenvalue weighted by atomic mass is 10.0. The van der Waals surface area contributed by atoms with Gasteiger partial charge >= 0.3 is 0 Å². The van der Waals surface area contributed by atoms with E-state index in [1.54, 1.807) is 41.5 Å². The highest BCUT2D eigenvalue weighted by atomic mass is 19.1. The van der Waals surface area contributed by atoms with Gasteiger partial charge in [0, 0.05) is 30.7 Å². The van der Waals surface area contributed by atoms with Crippen molar-refractivity contribution in [3.8, 4) is 22.8 Å². The summed E-state index contributed by atoms with van der Waals surface area (Å²) in [5.74, 6) is -0.0859. The Labute approximate surface area is 172 Å². The van der Waals surface area contributed by atoms with Crippen LogP contribution in [0.15, 0.2) is 67.3 Å². The average Bonchev–Trinajstić information content (AvgIpc) is 3.23. The zero-order valence-corrected chi connectivity index (χ0v) is 16.3. The fraction of sp³-hybridized carbons (Fsp3) is 0.136. The van der Waals surface area contributed by atoms with Crippen LogP contribution in [0.3, 0.4) is 0 Å². The molecule has 4 aromatic rings. The summed E-state index contributed by atoms with van der Waals surface area (Å²) in [6, 6.07) is 12.1. The Balaban J connectivity index is 1.42. The maximum atomic E-state index is 13.0. The van der Waals surface area contributed by atoms with E-state index < -0.39 is 5.82 Å². The maximum absolute atomic E-state index is 13.0. The number of benzene rings is 1. The van der Waals surface area contributed by atoms with E-state index in [-0.39, 0.29) is 5.91 Å². The van der Waals surface area contributed by atoms with Crippen molar-refractivity contribution in [2.24, 2.45) is 0 Å². The van der Waals surface area contributed by atoms with Crippen molar-refractivity contribution in [1.82, 2.24) is 30.0 Å². The number of nitrogens with one attached hydrogen (secondary N) is 1. The Morgan fingerprint density at radius 1 is 1.07 bits per heavy atom. The van der Waals surface area contributed by atoms with Crippen LogP contribution in [0, 0.1) is 12.7 Å². The molecule has 0 radical (unpaired) electrons. The molecule has 1 aromatic carbocycles. The fourth-order valence-electron chi connectivity index (χ4n) is 3.01. The fourth-order valence-corrected chi connectivity index (χ4v) is 3.01. The third kappa shape index (κ3) is 4.38. The Kier molecular flexibility index (Phi) is 5.56. The van der Waals surface area contributed by atoms with Crippen molar-refractivity contribution in [1.29, 1.82) is 0 Å². The zero-order chi connectivity index (χ0) is 20.9. The molecule has 1 amide bonds. The number of carbonyl (C=O) groups is 1. The van der Waals surface area contributed by atoms with Gasteiger partial charge in [0.1, 0.15) is 11.5 Å². The number of halogens is 1. The molecule has 0 aliphatic carbocycles. The van der Waals surface area contributed by atoms with Crippen LogP contribution in [-0.4, -0.2) is 37.2 Å². The lowest BCUT2D eigenvalue weighted by molar-refractivity contribution is 0.0952. The Hall–Kier alpha value is -3.94. The molecule has 8 heteroatoms. The summed E-state index contributed by atoms with van der Waals surface area (Å²) in [5.41, 5.74) is 3.42. The molecule has 4 rings (SSSR count). The van der Waals surface area contributed by atoms with Gasteiger partial charge in [-0.2, -0.15) is 5.10 Å². The number of pyridine rings is 1. The molecule has 3 heterocycles. The van der Waals surface area contributed by atoms with Gasteiger partial charge in [0.05, 0.1) is 24.0 Å². The van der Waals surface area contributed by atoms with E-state index in [9.17, 15) is 9.18 Å². The quantitative estimate of drug-likeness (QED) is 0.535. The minimum Gasteiger partial charge on any atom is -0.350 e. The number of nitrogens with zero attached hydrogens (tertiary/aromatic N) is 5. The minimum absolute atomic E-state index is 0.200. The van der Waals surface area contributed by atoms with Gasteiger partial charge in [0.25, 0.3) is 5.91 Å². The van der Waals surface area contributed by atoms with Gasteiger partial charge in [-0.3, -0.25) is 14.5 Å². The molecule has 0 aliphatic rings. The van der Waals surface area contributed by atoms with Crippen molar-refractivity contribution in [2.75, 3.05) is 6.54 Å². The zero-order valence-electron chi connectivity index (χ0n) is 16.3. The van der Waals surface area contributed by atoms with Crippen LogP contribution in [0.25, 0.3) is 22.8 Å². The van der Waals surface area contributed by atoms with E-state index in [1.807, 2.05) is 25.1 Å². The van der Waals surface area contributed by atoms with Crippen LogP contribution in [-0.2, 0) is 6.54 Å². The highest BCUT2D eigenvalue weighted by Crippen LogP contribution is 2.21. The maximum Gasteiger partial charge on any atom is 0.252 e. The van der Waals surface area contributed by atoms with E-state index in [0.29, 0.717) is 41.4 Å². The summed E-state index contributed by atoms with van der Waals surface area (Å²) in [6.45, 7) is 2.80. The molecule has 0 bridgehead atoms. The number of carbonyl (C=O) groups excluding carboxylic acids is 1. The first-order valence-electron chi connectivity index (χ1n) is 9.42. The van der Waals surface area contributed by atoms with E-state index in [1.165, 1.54) is 6.07 Å². The highest BCUT2D eigenvalue weighted by molar-refractivity contribution is 6.00. The van der Waals surface area contributed by atoms with E-state index in [4.69, 9.17) is 0 Å². The van der Waals surface area contributed by atoms with E-state index in [2.05, 4.69) is 25.4 Å². The lowest BCUT2D eigenvalue weighted by Gasteiger charge is -2.10. The lowest BCUT2D eigenvalue weighted by Crippen LogP contribution is -2.28. The highest BCUT2D eigenvalue weighted by Gasteiger charge is 2.14. The van der Waals surface area contributed by atoms with E-state index >= 15 is 0 Å². The number of rotatable bonds is 6. The number of aryl methyl sites for hydroxylation is 1. The average molecular weight is 402 g/mol. The van der Waals surface area contributed by atoms with Crippen molar-refractivity contribution >= 4 is 5.91 Å². The molecule has 0 spiro atoms.